The lowest BCUT2D eigenvalue weighted by atomic mass is 10.2. The number of carbonyl (C=O) groups is 2. The molecule has 0 aliphatic carbocycles. The van der Waals surface area contributed by atoms with Crippen molar-refractivity contribution in [2.24, 2.45) is 5.73 Å². The van der Waals surface area contributed by atoms with Crippen LogP contribution in [0.25, 0.3) is 0 Å². The summed E-state index contributed by atoms with van der Waals surface area (Å²) < 4.78 is 0. The second-order valence-electron chi connectivity index (χ2n) is 7.58. The summed E-state index contributed by atoms with van der Waals surface area (Å²) in [5.74, 6) is -0.590. The Morgan fingerprint density at radius 3 is 2.33 bits per heavy atom. The van der Waals surface area contributed by atoms with Gasteiger partial charge in [0.25, 0.3) is 5.91 Å². The Hall–Kier alpha value is -3.21. The van der Waals surface area contributed by atoms with E-state index < -0.39 is 5.91 Å². The lowest BCUT2D eigenvalue weighted by Gasteiger charge is -2.31. The molecular formula is C22H28ClN7O2S. The van der Waals surface area contributed by atoms with Crippen LogP contribution >= 0.6 is 23.7 Å². The maximum absolute atomic E-state index is 13.8. The molecule has 0 unspecified atom stereocenters. The highest BCUT2D eigenvalue weighted by molar-refractivity contribution is 7.09. The SMILES string of the molecule is CN(C)CCN(Cc1ccc(C(N)=O)nc1)C(=O)N(Cc1cccnc1)c1cscc1N.Cl. The molecule has 3 aromatic heterocycles. The molecule has 0 spiro atoms. The molecule has 0 radical (unpaired) electrons. The summed E-state index contributed by atoms with van der Waals surface area (Å²) in [4.78, 5) is 38.8. The van der Waals surface area contributed by atoms with Gasteiger partial charge >= 0.3 is 6.03 Å². The maximum atomic E-state index is 13.8. The van der Waals surface area contributed by atoms with Crippen LogP contribution in [0.4, 0.5) is 16.2 Å². The normalized spacial score (nSPS) is 10.5. The molecule has 0 aliphatic heterocycles. The number of halogens is 1. The van der Waals surface area contributed by atoms with Crippen molar-refractivity contribution in [1.29, 1.82) is 0 Å². The third kappa shape index (κ3) is 7.14. The first kappa shape index (κ1) is 26.0. The molecule has 0 aromatic carbocycles. The zero-order chi connectivity index (χ0) is 23.1. The molecule has 0 atom stereocenters. The van der Waals surface area contributed by atoms with Crippen molar-refractivity contribution in [2.75, 3.05) is 37.8 Å². The number of aromatic nitrogens is 2. The van der Waals surface area contributed by atoms with E-state index in [4.69, 9.17) is 11.5 Å². The second-order valence-corrected chi connectivity index (χ2v) is 8.33. The summed E-state index contributed by atoms with van der Waals surface area (Å²) in [6.45, 7) is 1.84. The second kappa shape index (κ2) is 12.1. The van der Waals surface area contributed by atoms with Gasteiger partial charge in [-0.15, -0.1) is 23.7 Å². The van der Waals surface area contributed by atoms with E-state index >= 15 is 0 Å². The van der Waals surface area contributed by atoms with E-state index in [1.807, 2.05) is 41.9 Å². The number of carbonyl (C=O) groups excluding carboxylic acids is 2. The predicted octanol–water partition coefficient (Wildman–Crippen LogP) is 2.83. The Labute approximate surface area is 203 Å². The number of thiophene rings is 1. The molecule has 11 heteroatoms. The number of amides is 3. The molecule has 0 saturated carbocycles. The van der Waals surface area contributed by atoms with Crippen LogP contribution in [0.3, 0.4) is 0 Å². The Kier molecular flexibility index (Phi) is 9.58. The number of nitrogens with two attached hydrogens (primary N) is 2. The highest BCUT2D eigenvalue weighted by Gasteiger charge is 2.25. The number of hydrogen-bond acceptors (Lipinski definition) is 7. The zero-order valence-corrected chi connectivity index (χ0v) is 20.2. The van der Waals surface area contributed by atoms with Crippen molar-refractivity contribution >= 4 is 47.1 Å². The lowest BCUT2D eigenvalue weighted by Crippen LogP contribution is -2.45. The van der Waals surface area contributed by atoms with Crippen molar-refractivity contribution in [3.8, 4) is 0 Å². The Morgan fingerprint density at radius 2 is 1.79 bits per heavy atom. The first-order valence-electron chi connectivity index (χ1n) is 10.0. The van der Waals surface area contributed by atoms with Gasteiger partial charge in [0.05, 0.1) is 17.9 Å². The van der Waals surface area contributed by atoms with Gasteiger partial charge in [-0.05, 0) is 37.4 Å². The standard InChI is InChI=1S/C22H27N7O2S.ClH/c1-27(2)8-9-28(12-17-5-6-19(21(24)30)26-11-17)22(31)29(20-15-32-14-18(20)23)13-16-4-3-7-25-10-16;/h3-7,10-11,14-15H,8-9,12-13,23H2,1-2H3,(H2,24,30);1H. The molecule has 0 bridgehead atoms. The molecule has 176 valence electrons. The molecule has 0 saturated heterocycles. The average molecular weight is 490 g/mol. The van der Waals surface area contributed by atoms with E-state index in [1.54, 1.807) is 40.5 Å². The number of hydrogen-bond donors (Lipinski definition) is 2. The average Bonchev–Trinajstić information content (AvgIpc) is 3.21. The molecule has 4 N–H and O–H groups in total. The number of rotatable bonds is 9. The Bertz CT molecular complexity index is 1040. The minimum atomic E-state index is -0.590. The monoisotopic (exact) mass is 489 g/mol. The van der Waals surface area contributed by atoms with Gasteiger partial charge in [-0.1, -0.05) is 12.1 Å². The Balaban J connectivity index is 0.00000385. The van der Waals surface area contributed by atoms with Gasteiger partial charge in [-0.3, -0.25) is 19.7 Å². The summed E-state index contributed by atoms with van der Waals surface area (Å²) in [6.07, 6.45) is 5.00. The highest BCUT2D eigenvalue weighted by Crippen LogP contribution is 2.30. The fourth-order valence-corrected chi connectivity index (χ4v) is 3.80. The highest BCUT2D eigenvalue weighted by atomic mass is 35.5. The molecule has 3 aromatic rings. The molecule has 3 rings (SSSR count). The largest absolute Gasteiger partial charge is 0.396 e. The third-order valence-corrected chi connectivity index (χ3v) is 5.54. The zero-order valence-electron chi connectivity index (χ0n) is 18.5. The number of anilines is 2. The molecule has 0 fully saturated rings. The van der Waals surface area contributed by atoms with Crippen LogP contribution in [0.2, 0.25) is 0 Å². The summed E-state index contributed by atoms with van der Waals surface area (Å²) in [7, 11) is 3.91. The van der Waals surface area contributed by atoms with Gasteiger partial charge in [0.2, 0.25) is 0 Å². The van der Waals surface area contributed by atoms with Crippen LogP contribution in [0, 0.1) is 0 Å². The van der Waals surface area contributed by atoms with Gasteiger partial charge in [-0.2, -0.15) is 0 Å². The Morgan fingerprint density at radius 1 is 1.03 bits per heavy atom. The number of nitrogens with zero attached hydrogens (tertiary/aromatic N) is 5. The van der Waals surface area contributed by atoms with E-state index in [0.717, 1.165) is 11.1 Å². The van der Waals surface area contributed by atoms with Crippen LogP contribution in [0.5, 0.6) is 0 Å². The van der Waals surface area contributed by atoms with Crippen LogP contribution in [0.1, 0.15) is 21.6 Å². The van der Waals surface area contributed by atoms with E-state index in [0.29, 0.717) is 37.6 Å². The predicted molar refractivity (Wildman–Crippen MR) is 134 cm³/mol. The van der Waals surface area contributed by atoms with Gasteiger partial charge in [-0.25, -0.2) is 4.79 Å². The molecule has 33 heavy (non-hydrogen) atoms. The fraction of sp³-hybridized carbons (Fsp3) is 0.273. The van der Waals surface area contributed by atoms with E-state index in [1.165, 1.54) is 11.3 Å². The molecular weight excluding hydrogens is 462 g/mol. The molecule has 0 aliphatic rings. The summed E-state index contributed by atoms with van der Waals surface area (Å²) in [6, 6.07) is 6.90. The van der Waals surface area contributed by atoms with Crippen LogP contribution in [-0.2, 0) is 13.1 Å². The quantitative estimate of drug-likeness (QED) is 0.476. The summed E-state index contributed by atoms with van der Waals surface area (Å²) in [5.41, 5.74) is 14.5. The minimum Gasteiger partial charge on any atom is -0.396 e. The number of urea groups is 1. The smallest absolute Gasteiger partial charge is 0.325 e. The van der Waals surface area contributed by atoms with E-state index in [9.17, 15) is 9.59 Å². The van der Waals surface area contributed by atoms with Gasteiger partial charge < -0.3 is 21.3 Å². The van der Waals surface area contributed by atoms with Crippen molar-refractivity contribution in [3.63, 3.8) is 0 Å². The molecule has 3 heterocycles. The number of nitrogen functional groups attached to an aromatic ring is 1. The van der Waals surface area contributed by atoms with E-state index in [-0.39, 0.29) is 24.1 Å². The first-order chi connectivity index (χ1) is 15.3. The third-order valence-electron chi connectivity index (χ3n) is 4.79. The lowest BCUT2D eigenvalue weighted by molar-refractivity contribution is 0.0995. The van der Waals surface area contributed by atoms with Crippen molar-refractivity contribution in [3.05, 3.63) is 70.4 Å². The summed E-state index contributed by atoms with van der Waals surface area (Å²) in [5, 5.41) is 3.69. The fourth-order valence-electron chi connectivity index (χ4n) is 3.07. The number of likely N-dealkylation sites (N-methyl/N-ethyl adjacent to an activating group) is 1. The van der Waals surface area contributed by atoms with Crippen LogP contribution in [-0.4, -0.2) is 58.9 Å². The maximum Gasteiger partial charge on any atom is 0.325 e. The molecule has 9 nitrogen and oxygen atoms in total. The van der Waals surface area contributed by atoms with Gasteiger partial charge in [0.15, 0.2) is 0 Å². The van der Waals surface area contributed by atoms with Crippen molar-refractivity contribution in [2.45, 2.75) is 13.1 Å². The molecule has 3 amide bonds. The van der Waals surface area contributed by atoms with Gasteiger partial charge in [0, 0.05) is 49.0 Å². The van der Waals surface area contributed by atoms with Crippen LogP contribution in [0.15, 0.2) is 53.6 Å². The number of primary amides is 1. The van der Waals surface area contributed by atoms with Gasteiger partial charge in [0.1, 0.15) is 5.69 Å². The van der Waals surface area contributed by atoms with Crippen molar-refractivity contribution < 1.29 is 9.59 Å². The van der Waals surface area contributed by atoms with E-state index in [2.05, 4.69) is 9.97 Å². The first-order valence-corrected chi connectivity index (χ1v) is 11.0. The summed E-state index contributed by atoms with van der Waals surface area (Å²) >= 11 is 1.45. The topological polar surface area (TPSA) is 122 Å². The minimum absolute atomic E-state index is 0. The van der Waals surface area contributed by atoms with Crippen molar-refractivity contribution in [1.82, 2.24) is 19.8 Å². The number of pyridine rings is 2. The van der Waals surface area contributed by atoms with Crippen LogP contribution < -0.4 is 16.4 Å².